The second-order valence-electron chi connectivity index (χ2n) is 6.74. The summed E-state index contributed by atoms with van der Waals surface area (Å²) in [5, 5.41) is 3.14. The van der Waals surface area contributed by atoms with Crippen LogP contribution >= 0.6 is 0 Å². The lowest BCUT2D eigenvalue weighted by Gasteiger charge is -2.25. The lowest BCUT2D eigenvalue weighted by Crippen LogP contribution is -2.38. The highest BCUT2D eigenvalue weighted by Crippen LogP contribution is 2.24. The van der Waals surface area contributed by atoms with Gasteiger partial charge < -0.3 is 5.32 Å². The van der Waals surface area contributed by atoms with Gasteiger partial charge in [0.25, 0.3) is 5.91 Å². The zero-order valence-electron chi connectivity index (χ0n) is 14.4. The van der Waals surface area contributed by atoms with Gasteiger partial charge in [-0.15, -0.1) is 0 Å². The zero-order chi connectivity index (χ0) is 17.9. The van der Waals surface area contributed by atoms with E-state index in [0.29, 0.717) is 16.7 Å². The second kappa shape index (κ2) is 7.12. The Morgan fingerprint density at radius 2 is 1.69 bits per heavy atom. The summed E-state index contributed by atoms with van der Waals surface area (Å²) in [7, 11) is 0. The van der Waals surface area contributed by atoms with Crippen LogP contribution in [0.3, 0.4) is 0 Å². The monoisotopic (exact) mass is 345 g/mol. The van der Waals surface area contributed by atoms with Crippen LogP contribution < -0.4 is 5.32 Å². The Morgan fingerprint density at radius 3 is 2.54 bits per heavy atom. The first-order valence-electron chi connectivity index (χ1n) is 8.93. The smallest absolute Gasteiger partial charge is 0.251 e. The van der Waals surface area contributed by atoms with Crippen molar-refractivity contribution in [3.8, 4) is 11.1 Å². The third-order valence-electron chi connectivity index (χ3n) is 4.99. The summed E-state index contributed by atoms with van der Waals surface area (Å²) >= 11 is 0. The van der Waals surface area contributed by atoms with Crippen LogP contribution in [0.1, 0.15) is 27.9 Å². The molecule has 0 fully saturated rings. The van der Waals surface area contributed by atoms with E-state index in [4.69, 9.17) is 0 Å². The fourth-order valence-electron chi connectivity index (χ4n) is 3.61. The number of carbonyl (C=O) groups is 1. The fraction of sp³-hybridized carbons (Fsp3) is 0.174. The second-order valence-corrected chi connectivity index (χ2v) is 6.74. The normalized spacial score (nSPS) is 16.0. The maximum atomic E-state index is 14.0. The largest absolute Gasteiger partial charge is 0.349 e. The van der Waals surface area contributed by atoms with E-state index < -0.39 is 0 Å². The zero-order valence-corrected chi connectivity index (χ0v) is 14.4. The molecule has 4 rings (SSSR count). The summed E-state index contributed by atoms with van der Waals surface area (Å²) in [5.74, 6) is -0.387. The van der Waals surface area contributed by atoms with Gasteiger partial charge in [-0.25, -0.2) is 4.39 Å². The van der Waals surface area contributed by atoms with Crippen molar-refractivity contribution >= 4 is 5.91 Å². The molecule has 26 heavy (non-hydrogen) atoms. The van der Waals surface area contributed by atoms with Crippen molar-refractivity contribution in [3.63, 3.8) is 0 Å². The van der Waals surface area contributed by atoms with E-state index in [9.17, 15) is 9.18 Å². The molecular weight excluding hydrogens is 325 g/mol. The summed E-state index contributed by atoms with van der Waals surface area (Å²) in [4.78, 5) is 12.7. The van der Waals surface area contributed by atoms with Gasteiger partial charge >= 0.3 is 0 Å². The predicted octanol–water partition coefficient (Wildman–Crippen LogP) is 4.78. The van der Waals surface area contributed by atoms with Gasteiger partial charge in [0.05, 0.1) is 0 Å². The SMILES string of the molecule is O=C(NC1CCc2ccccc2C1)c1cccc(-c2ccccc2F)c1. The average molecular weight is 345 g/mol. The number of nitrogens with one attached hydrogen (secondary N) is 1. The van der Waals surface area contributed by atoms with Gasteiger partial charge in [-0.05, 0) is 54.2 Å². The maximum Gasteiger partial charge on any atom is 0.251 e. The van der Waals surface area contributed by atoms with Gasteiger partial charge in [0.1, 0.15) is 5.82 Å². The molecule has 1 aliphatic rings. The van der Waals surface area contributed by atoms with Crippen molar-refractivity contribution in [1.82, 2.24) is 5.32 Å². The molecule has 0 aliphatic heterocycles. The number of hydrogen-bond donors (Lipinski definition) is 1. The number of carbonyl (C=O) groups excluding carboxylic acids is 1. The van der Waals surface area contributed by atoms with Crippen molar-refractivity contribution in [1.29, 1.82) is 0 Å². The van der Waals surface area contributed by atoms with Crippen LogP contribution in [-0.2, 0) is 12.8 Å². The maximum absolute atomic E-state index is 14.0. The number of rotatable bonds is 3. The standard InChI is InChI=1S/C23H20FNO/c24-22-11-4-3-10-21(22)18-8-5-9-19(14-18)23(26)25-20-13-12-16-6-1-2-7-17(16)15-20/h1-11,14,20H,12-13,15H2,(H,25,26). The number of aryl methyl sites for hydroxylation is 1. The minimum absolute atomic E-state index is 0.104. The van der Waals surface area contributed by atoms with Crippen LogP contribution in [-0.4, -0.2) is 11.9 Å². The molecule has 1 atom stereocenters. The van der Waals surface area contributed by atoms with Crippen molar-refractivity contribution in [2.45, 2.75) is 25.3 Å². The van der Waals surface area contributed by atoms with E-state index >= 15 is 0 Å². The molecule has 1 unspecified atom stereocenters. The van der Waals surface area contributed by atoms with E-state index in [0.717, 1.165) is 19.3 Å². The Balaban J connectivity index is 1.51. The van der Waals surface area contributed by atoms with E-state index in [-0.39, 0.29) is 17.8 Å². The van der Waals surface area contributed by atoms with Gasteiger partial charge in [0, 0.05) is 17.2 Å². The third-order valence-corrected chi connectivity index (χ3v) is 4.99. The quantitative estimate of drug-likeness (QED) is 0.727. The Hall–Kier alpha value is -2.94. The molecule has 0 saturated heterocycles. The number of benzene rings is 3. The minimum atomic E-state index is -0.283. The molecule has 0 heterocycles. The molecule has 3 heteroatoms. The topological polar surface area (TPSA) is 29.1 Å². The van der Waals surface area contributed by atoms with Crippen LogP contribution in [0, 0.1) is 5.82 Å². The van der Waals surface area contributed by atoms with Crippen LogP contribution in [0.5, 0.6) is 0 Å². The molecule has 130 valence electrons. The van der Waals surface area contributed by atoms with Gasteiger partial charge in [-0.2, -0.15) is 0 Å². The minimum Gasteiger partial charge on any atom is -0.349 e. The molecule has 3 aromatic carbocycles. The lowest BCUT2D eigenvalue weighted by molar-refractivity contribution is 0.0933. The van der Waals surface area contributed by atoms with E-state index in [2.05, 4.69) is 23.5 Å². The third kappa shape index (κ3) is 3.38. The molecule has 0 spiro atoms. The lowest BCUT2D eigenvalue weighted by atomic mass is 9.88. The molecular formula is C23H20FNO. The molecule has 1 amide bonds. The summed E-state index contributed by atoms with van der Waals surface area (Å²) in [5.41, 5.74) is 4.46. The summed E-state index contributed by atoms with van der Waals surface area (Å²) in [6.45, 7) is 0. The highest BCUT2D eigenvalue weighted by molar-refractivity contribution is 5.95. The highest BCUT2D eigenvalue weighted by Gasteiger charge is 2.20. The van der Waals surface area contributed by atoms with Crippen LogP contribution in [0.25, 0.3) is 11.1 Å². The summed E-state index contributed by atoms with van der Waals surface area (Å²) in [6, 6.07) is 22.3. The Kier molecular flexibility index (Phi) is 4.53. The van der Waals surface area contributed by atoms with Crippen molar-refractivity contribution in [2.75, 3.05) is 0 Å². The van der Waals surface area contributed by atoms with Gasteiger partial charge in [0.2, 0.25) is 0 Å². The fourth-order valence-corrected chi connectivity index (χ4v) is 3.61. The van der Waals surface area contributed by atoms with Gasteiger partial charge in [0.15, 0.2) is 0 Å². The Labute approximate surface area is 152 Å². The van der Waals surface area contributed by atoms with Crippen molar-refractivity contribution < 1.29 is 9.18 Å². The molecule has 1 N–H and O–H groups in total. The van der Waals surface area contributed by atoms with E-state index in [1.165, 1.54) is 17.2 Å². The van der Waals surface area contributed by atoms with E-state index in [1.54, 1.807) is 36.4 Å². The van der Waals surface area contributed by atoms with E-state index in [1.807, 2.05) is 12.1 Å². The number of fused-ring (bicyclic) bond motifs is 1. The van der Waals surface area contributed by atoms with Crippen molar-refractivity contribution in [2.24, 2.45) is 0 Å². The molecule has 0 bridgehead atoms. The molecule has 0 aromatic heterocycles. The van der Waals surface area contributed by atoms with Crippen molar-refractivity contribution in [3.05, 3.63) is 95.3 Å². The predicted molar refractivity (Wildman–Crippen MR) is 102 cm³/mol. The van der Waals surface area contributed by atoms with Gasteiger partial charge in [-0.1, -0.05) is 54.6 Å². The van der Waals surface area contributed by atoms with Gasteiger partial charge in [-0.3, -0.25) is 4.79 Å². The highest BCUT2D eigenvalue weighted by atomic mass is 19.1. The Morgan fingerprint density at radius 1 is 0.923 bits per heavy atom. The number of halogens is 1. The first-order valence-corrected chi connectivity index (χ1v) is 8.93. The molecule has 0 saturated carbocycles. The Bertz CT molecular complexity index is 950. The summed E-state index contributed by atoms with van der Waals surface area (Å²) in [6.07, 6.45) is 2.78. The number of hydrogen-bond acceptors (Lipinski definition) is 1. The van der Waals surface area contributed by atoms with Crippen LogP contribution in [0.2, 0.25) is 0 Å². The number of amides is 1. The molecule has 3 aromatic rings. The average Bonchev–Trinajstić information content (AvgIpc) is 2.68. The first kappa shape index (κ1) is 16.5. The first-order chi connectivity index (χ1) is 12.7. The summed E-state index contributed by atoms with van der Waals surface area (Å²) < 4.78 is 14.0. The molecule has 1 aliphatic carbocycles. The molecule has 0 radical (unpaired) electrons. The van der Waals surface area contributed by atoms with Crippen LogP contribution in [0.4, 0.5) is 4.39 Å². The molecule has 2 nitrogen and oxygen atoms in total. The van der Waals surface area contributed by atoms with Crippen LogP contribution in [0.15, 0.2) is 72.8 Å².